The number of nitrogens with one attached hydrogen (secondary N) is 1. The van der Waals surface area contributed by atoms with Crippen molar-refractivity contribution in [1.82, 2.24) is 4.90 Å². The zero-order valence-corrected chi connectivity index (χ0v) is 35.1. The number of anilines is 1. The van der Waals surface area contributed by atoms with E-state index in [1.165, 1.54) is 23.1 Å². The summed E-state index contributed by atoms with van der Waals surface area (Å²) in [5, 5.41) is 16.4. The van der Waals surface area contributed by atoms with Gasteiger partial charge in [0.05, 0.1) is 17.1 Å². The number of amides is 2. The number of hydrogen-bond donors (Lipinski definition) is 1. The number of carbonyl (C=O) groups is 5. The average Bonchev–Trinajstić information content (AvgIpc) is 3.70. The van der Waals surface area contributed by atoms with E-state index in [2.05, 4.69) is 5.32 Å². The molecule has 1 N–H and O–H groups in total. The first kappa shape index (κ1) is 45.3. The summed E-state index contributed by atoms with van der Waals surface area (Å²) in [5.74, 6) is -5.15. The van der Waals surface area contributed by atoms with Crippen molar-refractivity contribution in [3.8, 4) is 0 Å². The summed E-state index contributed by atoms with van der Waals surface area (Å²) in [5.41, 5.74) is 1.73. The Balaban J connectivity index is 1.60. The molecule has 1 heterocycles. The molecule has 0 aliphatic rings. The second kappa shape index (κ2) is 20.9. The number of esters is 3. The third-order valence-corrected chi connectivity index (χ3v) is 9.98. The predicted molar refractivity (Wildman–Crippen MR) is 227 cm³/mol. The Labute approximate surface area is 354 Å². The molecule has 61 heavy (non-hydrogen) atoms. The van der Waals surface area contributed by atoms with Gasteiger partial charge in [-0.2, -0.15) is 0 Å². The van der Waals surface area contributed by atoms with Crippen LogP contribution in [0.5, 0.6) is 0 Å². The molecule has 320 valence electrons. The molecule has 0 saturated carbocycles. The molecule has 0 fully saturated rings. The number of carbonyl (C=O) groups excluding carboxylic acids is 5. The summed E-state index contributed by atoms with van der Waals surface area (Å²) in [4.78, 5) is 80.6. The van der Waals surface area contributed by atoms with Gasteiger partial charge in [-0.05, 0) is 93.3 Å². The lowest BCUT2D eigenvalue weighted by atomic mass is 9.86. The maximum absolute atomic E-state index is 15.3. The second-order valence-corrected chi connectivity index (χ2v) is 15.3. The third kappa shape index (κ3) is 12.6. The lowest BCUT2D eigenvalue weighted by Crippen LogP contribution is -2.51. The first-order chi connectivity index (χ1) is 29.1. The van der Waals surface area contributed by atoms with Crippen molar-refractivity contribution >= 4 is 51.9 Å². The van der Waals surface area contributed by atoms with E-state index in [0.717, 1.165) is 17.7 Å². The number of benzene rings is 4. The Morgan fingerprint density at radius 2 is 1.43 bits per heavy atom. The van der Waals surface area contributed by atoms with E-state index in [4.69, 9.17) is 18.6 Å². The van der Waals surface area contributed by atoms with Gasteiger partial charge in [0.15, 0.2) is 11.9 Å². The monoisotopic (exact) mass is 833 g/mol. The van der Waals surface area contributed by atoms with Crippen LogP contribution in [0.3, 0.4) is 0 Å². The molecule has 14 heteroatoms. The number of furan rings is 1. The fourth-order valence-electron chi connectivity index (χ4n) is 7.08. The van der Waals surface area contributed by atoms with Crippen LogP contribution in [0.25, 0.3) is 10.8 Å². The minimum absolute atomic E-state index is 0.0314. The largest absolute Gasteiger partial charge is 0.463 e. The van der Waals surface area contributed by atoms with E-state index in [9.17, 15) is 29.3 Å². The SMILES string of the molecule is CC(=O)OC(C(=O)N(Cc1ccc2ccccc2c1)C(C)C(Cc1ccc(C(=O)Nc2ccccc2)o1)c1ccc([N+](=O)[O-])cc1)C(CCC(=O)OC(C)C)C(=O)OC(C)C. The molecule has 0 saturated heterocycles. The predicted octanol–water partition coefficient (Wildman–Crippen LogP) is 8.57. The minimum atomic E-state index is -1.73. The highest BCUT2D eigenvalue weighted by Gasteiger charge is 2.43. The maximum Gasteiger partial charge on any atom is 0.313 e. The lowest BCUT2D eigenvalue weighted by molar-refractivity contribution is -0.384. The molecule has 0 radical (unpaired) electrons. The number of nitrogens with zero attached hydrogens (tertiary/aromatic N) is 2. The van der Waals surface area contributed by atoms with Gasteiger partial charge in [0.25, 0.3) is 17.5 Å². The summed E-state index contributed by atoms with van der Waals surface area (Å²) in [6, 6.07) is 30.6. The number of nitro benzene ring substituents is 1. The van der Waals surface area contributed by atoms with Crippen molar-refractivity contribution in [2.75, 3.05) is 5.32 Å². The topological polar surface area (TPSA) is 185 Å². The molecule has 0 bridgehead atoms. The molecule has 0 aliphatic heterocycles. The number of ether oxygens (including phenoxy) is 3. The maximum atomic E-state index is 15.3. The number of para-hydroxylation sites is 1. The number of nitro groups is 1. The van der Waals surface area contributed by atoms with Crippen molar-refractivity contribution in [1.29, 1.82) is 0 Å². The van der Waals surface area contributed by atoms with Gasteiger partial charge in [-0.1, -0.05) is 66.7 Å². The Hall–Kier alpha value is -6.83. The van der Waals surface area contributed by atoms with Crippen LogP contribution in [0.15, 0.2) is 114 Å². The van der Waals surface area contributed by atoms with Crippen LogP contribution < -0.4 is 5.32 Å². The summed E-state index contributed by atoms with van der Waals surface area (Å²) >= 11 is 0. The van der Waals surface area contributed by atoms with Crippen LogP contribution in [0.2, 0.25) is 0 Å². The summed E-state index contributed by atoms with van der Waals surface area (Å²) < 4.78 is 22.7. The normalized spacial score (nSPS) is 13.2. The Kier molecular flexibility index (Phi) is 15.5. The molecular weight excluding hydrogens is 783 g/mol. The molecule has 5 rings (SSSR count). The fourth-order valence-corrected chi connectivity index (χ4v) is 7.08. The highest BCUT2D eigenvalue weighted by molar-refractivity contribution is 6.02. The van der Waals surface area contributed by atoms with Crippen molar-refractivity contribution in [2.24, 2.45) is 5.92 Å². The quantitative estimate of drug-likeness (QED) is 0.0364. The van der Waals surface area contributed by atoms with Crippen molar-refractivity contribution in [2.45, 2.75) is 97.6 Å². The Morgan fingerprint density at radius 3 is 2.07 bits per heavy atom. The van der Waals surface area contributed by atoms with Crippen LogP contribution >= 0.6 is 0 Å². The molecule has 0 spiro atoms. The third-order valence-electron chi connectivity index (χ3n) is 9.98. The molecule has 4 aromatic carbocycles. The molecule has 4 atom stereocenters. The highest BCUT2D eigenvalue weighted by atomic mass is 16.6. The van der Waals surface area contributed by atoms with E-state index in [1.54, 1.807) is 77.1 Å². The van der Waals surface area contributed by atoms with Crippen LogP contribution in [-0.4, -0.2) is 63.9 Å². The van der Waals surface area contributed by atoms with Gasteiger partial charge in [0.2, 0.25) is 0 Å². The Bertz CT molecular complexity index is 2320. The van der Waals surface area contributed by atoms with Crippen molar-refractivity contribution in [3.63, 3.8) is 0 Å². The van der Waals surface area contributed by atoms with Crippen LogP contribution in [-0.2, 0) is 46.4 Å². The van der Waals surface area contributed by atoms with Gasteiger partial charge >= 0.3 is 17.9 Å². The minimum Gasteiger partial charge on any atom is -0.463 e. The van der Waals surface area contributed by atoms with E-state index in [1.807, 2.05) is 48.5 Å². The fraction of sp³-hybridized carbons (Fsp3) is 0.340. The van der Waals surface area contributed by atoms with Gasteiger partial charge < -0.3 is 28.8 Å². The summed E-state index contributed by atoms with van der Waals surface area (Å²) in [6.07, 6.45) is -3.16. The van der Waals surface area contributed by atoms with Crippen molar-refractivity contribution in [3.05, 3.63) is 142 Å². The summed E-state index contributed by atoms with van der Waals surface area (Å²) in [6.45, 7) is 9.52. The molecule has 2 amide bonds. The number of non-ortho nitro benzene ring substituents is 1. The molecular formula is C47H51N3O11. The number of rotatable bonds is 19. The van der Waals surface area contributed by atoms with E-state index in [0.29, 0.717) is 22.6 Å². The number of fused-ring (bicyclic) bond motifs is 1. The van der Waals surface area contributed by atoms with Crippen LogP contribution in [0.1, 0.15) is 87.7 Å². The summed E-state index contributed by atoms with van der Waals surface area (Å²) in [7, 11) is 0. The standard InChI is InChI=1S/C47H51N3O11/c1-29(2)58-43(52)25-23-40(47(55)59-30(3)4)44(60-32(6)51)46(54)49(28-33-16-17-34-12-10-11-13-36(34)26-33)31(5)41(35-18-20-38(21-19-35)50(56)57)27-39-22-24-42(61-39)45(53)48-37-14-8-7-9-15-37/h7-22,24,26,29-31,40-41,44H,23,25,27-28H2,1-6H3,(H,48,53). The van der Waals surface area contributed by atoms with Gasteiger partial charge in [0.1, 0.15) is 11.7 Å². The molecule has 0 aliphatic carbocycles. The molecule has 1 aromatic heterocycles. The van der Waals surface area contributed by atoms with E-state index in [-0.39, 0.29) is 37.3 Å². The highest BCUT2D eigenvalue weighted by Crippen LogP contribution is 2.33. The van der Waals surface area contributed by atoms with Crippen molar-refractivity contribution < 1.29 is 47.5 Å². The zero-order chi connectivity index (χ0) is 44.2. The van der Waals surface area contributed by atoms with Gasteiger partial charge in [0, 0.05) is 56.1 Å². The zero-order valence-electron chi connectivity index (χ0n) is 35.1. The smallest absolute Gasteiger partial charge is 0.313 e. The Morgan fingerprint density at radius 1 is 0.770 bits per heavy atom. The molecule has 14 nitrogen and oxygen atoms in total. The molecule has 4 unspecified atom stereocenters. The second-order valence-electron chi connectivity index (χ2n) is 15.3. The first-order valence-electron chi connectivity index (χ1n) is 20.1. The first-order valence-corrected chi connectivity index (χ1v) is 20.1. The van der Waals surface area contributed by atoms with E-state index < -0.39 is 70.8 Å². The molecule has 5 aromatic rings. The van der Waals surface area contributed by atoms with E-state index >= 15 is 4.79 Å². The van der Waals surface area contributed by atoms with Crippen LogP contribution in [0.4, 0.5) is 11.4 Å². The van der Waals surface area contributed by atoms with Crippen LogP contribution in [0, 0.1) is 16.0 Å². The number of hydrogen-bond acceptors (Lipinski definition) is 11. The van der Waals surface area contributed by atoms with Gasteiger partial charge in [-0.15, -0.1) is 0 Å². The average molecular weight is 834 g/mol. The van der Waals surface area contributed by atoms with Gasteiger partial charge in [-0.25, -0.2) is 0 Å². The lowest BCUT2D eigenvalue weighted by Gasteiger charge is -2.38. The van der Waals surface area contributed by atoms with Gasteiger partial charge in [-0.3, -0.25) is 34.1 Å².